The third kappa shape index (κ3) is 2.15. The SMILES string of the molecule is CC1CNc2cccc(CC(C)(C)O)c21. The van der Waals surface area contributed by atoms with Gasteiger partial charge in [-0.05, 0) is 31.0 Å². The highest BCUT2D eigenvalue weighted by Gasteiger charge is 2.24. The molecule has 82 valence electrons. The number of anilines is 1. The summed E-state index contributed by atoms with van der Waals surface area (Å²) in [5.74, 6) is 0.554. The Morgan fingerprint density at radius 1 is 1.47 bits per heavy atom. The standard InChI is InChI=1S/C13H19NO/c1-9-8-14-11-6-4-5-10(12(9)11)7-13(2,3)15/h4-6,9,14-15H,7-8H2,1-3H3. The first-order chi connectivity index (χ1) is 6.97. The quantitative estimate of drug-likeness (QED) is 0.777. The fraction of sp³-hybridized carbons (Fsp3) is 0.538. The molecule has 2 heteroatoms. The first kappa shape index (κ1) is 10.5. The van der Waals surface area contributed by atoms with Gasteiger partial charge in [-0.2, -0.15) is 0 Å². The molecule has 0 radical (unpaired) electrons. The molecule has 0 fully saturated rings. The van der Waals surface area contributed by atoms with E-state index in [2.05, 4.69) is 30.4 Å². The Hall–Kier alpha value is -1.02. The summed E-state index contributed by atoms with van der Waals surface area (Å²) in [6, 6.07) is 6.30. The van der Waals surface area contributed by atoms with Crippen molar-refractivity contribution in [1.29, 1.82) is 0 Å². The van der Waals surface area contributed by atoms with Gasteiger partial charge in [-0.15, -0.1) is 0 Å². The number of hydrogen-bond acceptors (Lipinski definition) is 2. The minimum Gasteiger partial charge on any atom is -0.390 e. The maximum absolute atomic E-state index is 9.87. The zero-order valence-electron chi connectivity index (χ0n) is 9.67. The van der Waals surface area contributed by atoms with E-state index in [9.17, 15) is 5.11 Å². The molecule has 1 aromatic rings. The van der Waals surface area contributed by atoms with E-state index < -0.39 is 5.60 Å². The van der Waals surface area contributed by atoms with Crippen LogP contribution in [-0.2, 0) is 6.42 Å². The molecular weight excluding hydrogens is 186 g/mol. The zero-order valence-corrected chi connectivity index (χ0v) is 9.67. The molecule has 1 heterocycles. The lowest BCUT2D eigenvalue weighted by atomic mass is 9.90. The van der Waals surface area contributed by atoms with E-state index in [1.165, 1.54) is 16.8 Å². The molecule has 0 aliphatic carbocycles. The van der Waals surface area contributed by atoms with Crippen molar-refractivity contribution in [2.24, 2.45) is 0 Å². The Morgan fingerprint density at radius 2 is 2.20 bits per heavy atom. The van der Waals surface area contributed by atoms with Crippen LogP contribution in [0.4, 0.5) is 5.69 Å². The Balaban J connectivity index is 2.37. The molecule has 1 atom stereocenters. The van der Waals surface area contributed by atoms with Gasteiger partial charge in [-0.3, -0.25) is 0 Å². The van der Waals surface area contributed by atoms with Crippen LogP contribution in [-0.4, -0.2) is 17.3 Å². The summed E-state index contributed by atoms with van der Waals surface area (Å²) in [6.45, 7) is 6.96. The molecule has 0 saturated heterocycles. The molecule has 1 aliphatic heterocycles. The Morgan fingerprint density at radius 3 is 2.87 bits per heavy atom. The second kappa shape index (κ2) is 3.53. The fourth-order valence-electron chi connectivity index (χ4n) is 2.33. The van der Waals surface area contributed by atoms with Crippen molar-refractivity contribution in [2.45, 2.75) is 38.7 Å². The molecule has 1 aromatic carbocycles. The molecule has 1 aliphatic rings. The molecule has 2 rings (SSSR count). The van der Waals surface area contributed by atoms with Crippen molar-refractivity contribution in [1.82, 2.24) is 0 Å². The number of nitrogens with one attached hydrogen (secondary N) is 1. The number of fused-ring (bicyclic) bond motifs is 1. The monoisotopic (exact) mass is 205 g/mol. The lowest BCUT2D eigenvalue weighted by molar-refractivity contribution is 0.0807. The topological polar surface area (TPSA) is 32.3 Å². The number of hydrogen-bond donors (Lipinski definition) is 2. The van der Waals surface area contributed by atoms with Crippen LogP contribution >= 0.6 is 0 Å². The molecule has 2 N–H and O–H groups in total. The van der Waals surface area contributed by atoms with Gasteiger partial charge in [-0.25, -0.2) is 0 Å². The molecule has 2 nitrogen and oxygen atoms in total. The first-order valence-electron chi connectivity index (χ1n) is 5.55. The maximum atomic E-state index is 9.87. The van der Waals surface area contributed by atoms with E-state index in [1.807, 2.05) is 13.8 Å². The van der Waals surface area contributed by atoms with Gasteiger partial charge in [0.05, 0.1) is 5.60 Å². The van der Waals surface area contributed by atoms with E-state index in [0.29, 0.717) is 5.92 Å². The summed E-state index contributed by atoms with van der Waals surface area (Å²) >= 11 is 0. The largest absolute Gasteiger partial charge is 0.390 e. The minimum atomic E-state index is -0.628. The number of aliphatic hydroxyl groups is 1. The first-order valence-corrected chi connectivity index (χ1v) is 5.55. The van der Waals surface area contributed by atoms with Crippen molar-refractivity contribution in [3.05, 3.63) is 29.3 Å². The van der Waals surface area contributed by atoms with Crippen LogP contribution in [0.3, 0.4) is 0 Å². The summed E-state index contributed by atoms with van der Waals surface area (Å²) in [6.07, 6.45) is 0.724. The third-order valence-electron chi connectivity index (χ3n) is 2.91. The van der Waals surface area contributed by atoms with Gasteiger partial charge in [0.2, 0.25) is 0 Å². The van der Waals surface area contributed by atoms with Crippen LogP contribution in [0.25, 0.3) is 0 Å². The average molecular weight is 205 g/mol. The Bertz CT molecular complexity index is 365. The fourth-order valence-corrected chi connectivity index (χ4v) is 2.33. The van der Waals surface area contributed by atoms with Crippen LogP contribution in [0.2, 0.25) is 0 Å². The predicted molar refractivity (Wildman–Crippen MR) is 63.3 cm³/mol. The maximum Gasteiger partial charge on any atom is 0.0632 e. The molecule has 0 spiro atoms. The van der Waals surface area contributed by atoms with Crippen molar-refractivity contribution < 1.29 is 5.11 Å². The lowest BCUT2D eigenvalue weighted by Gasteiger charge is -2.20. The highest BCUT2D eigenvalue weighted by Crippen LogP contribution is 2.35. The van der Waals surface area contributed by atoms with Crippen LogP contribution in [0.1, 0.15) is 37.8 Å². The summed E-state index contributed by atoms with van der Waals surface area (Å²) in [5.41, 5.74) is 3.28. The lowest BCUT2D eigenvalue weighted by Crippen LogP contribution is -2.22. The average Bonchev–Trinajstić information content (AvgIpc) is 2.46. The zero-order chi connectivity index (χ0) is 11.1. The molecular formula is C13H19NO. The van der Waals surface area contributed by atoms with Crippen LogP contribution in [0.15, 0.2) is 18.2 Å². The third-order valence-corrected chi connectivity index (χ3v) is 2.91. The van der Waals surface area contributed by atoms with E-state index in [1.54, 1.807) is 0 Å². The van der Waals surface area contributed by atoms with Crippen molar-refractivity contribution >= 4 is 5.69 Å². The summed E-state index contributed by atoms with van der Waals surface area (Å²) in [5, 5.41) is 13.3. The van der Waals surface area contributed by atoms with Crippen molar-refractivity contribution in [3.8, 4) is 0 Å². The van der Waals surface area contributed by atoms with Gasteiger partial charge in [0.15, 0.2) is 0 Å². The van der Waals surface area contributed by atoms with Gasteiger partial charge in [0.1, 0.15) is 0 Å². The second-order valence-electron chi connectivity index (χ2n) is 5.15. The molecule has 0 bridgehead atoms. The second-order valence-corrected chi connectivity index (χ2v) is 5.15. The van der Waals surface area contributed by atoms with Gasteiger partial charge in [0.25, 0.3) is 0 Å². The van der Waals surface area contributed by atoms with Gasteiger partial charge in [0, 0.05) is 24.6 Å². The predicted octanol–water partition coefficient (Wildman–Crippen LogP) is 2.53. The van der Waals surface area contributed by atoms with Crippen LogP contribution < -0.4 is 5.32 Å². The molecule has 15 heavy (non-hydrogen) atoms. The van der Waals surface area contributed by atoms with E-state index in [0.717, 1.165) is 13.0 Å². The normalized spacial score (nSPS) is 19.9. The highest BCUT2D eigenvalue weighted by molar-refractivity contribution is 5.60. The van der Waals surface area contributed by atoms with Crippen molar-refractivity contribution in [2.75, 3.05) is 11.9 Å². The number of benzene rings is 1. The molecule has 0 saturated carbocycles. The Labute approximate surface area is 91.3 Å². The summed E-state index contributed by atoms with van der Waals surface area (Å²) in [7, 11) is 0. The van der Waals surface area contributed by atoms with Crippen molar-refractivity contribution in [3.63, 3.8) is 0 Å². The van der Waals surface area contributed by atoms with Crippen LogP contribution in [0.5, 0.6) is 0 Å². The van der Waals surface area contributed by atoms with E-state index in [4.69, 9.17) is 0 Å². The van der Waals surface area contributed by atoms with Gasteiger partial charge >= 0.3 is 0 Å². The van der Waals surface area contributed by atoms with E-state index in [-0.39, 0.29) is 0 Å². The van der Waals surface area contributed by atoms with Gasteiger partial charge in [-0.1, -0.05) is 19.1 Å². The van der Waals surface area contributed by atoms with Crippen LogP contribution in [0, 0.1) is 0 Å². The molecule has 1 unspecified atom stereocenters. The minimum absolute atomic E-state index is 0.554. The summed E-state index contributed by atoms with van der Waals surface area (Å²) in [4.78, 5) is 0. The smallest absolute Gasteiger partial charge is 0.0632 e. The Kier molecular flexibility index (Phi) is 2.47. The molecule has 0 amide bonds. The number of rotatable bonds is 2. The highest BCUT2D eigenvalue weighted by atomic mass is 16.3. The van der Waals surface area contributed by atoms with Gasteiger partial charge < -0.3 is 10.4 Å². The molecule has 0 aromatic heterocycles. The van der Waals surface area contributed by atoms with E-state index >= 15 is 0 Å². The summed E-state index contributed by atoms with van der Waals surface area (Å²) < 4.78 is 0.